The average molecular weight is 123 g/mol. The fourth-order valence-electron chi connectivity index (χ4n) is 0. The second-order valence-corrected chi connectivity index (χ2v) is 1.09. The largest absolute Gasteiger partial charge is 0.478 e. The van der Waals surface area contributed by atoms with Gasteiger partial charge in [-0.1, -0.05) is 6.58 Å². The first-order chi connectivity index (χ1) is 2.64. The summed E-state index contributed by atoms with van der Waals surface area (Å²) >= 11 is 0. The Morgan fingerprint density at radius 2 is 1.86 bits per heavy atom. The quantitative estimate of drug-likeness (QED) is 0.529. The minimum absolute atomic E-state index is 0. The third kappa shape index (κ3) is 5.50. The van der Waals surface area contributed by atoms with Crippen LogP contribution in [0.2, 0.25) is 0 Å². The van der Waals surface area contributed by atoms with Crippen LogP contribution in [0.3, 0.4) is 0 Å². The van der Waals surface area contributed by atoms with Crippen molar-refractivity contribution in [3.05, 3.63) is 12.2 Å². The zero-order chi connectivity index (χ0) is 5.15. The van der Waals surface area contributed by atoms with E-state index in [1.807, 2.05) is 0 Å². The van der Waals surface area contributed by atoms with E-state index in [-0.39, 0.29) is 18.0 Å². The zero-order valence-corrected chi connectivity index (χ0v) is 4.79. The Morgan fingerprint density at radius 3 is 1.86 bits per heavy atom. The molecule has 0 bridgehead atoms. The Balaban J connectivity index is 0. The minimum Gasteiger partial charge on any atom is -0.478 e. The van der Waals surface area contributed by atoms with E-state index in [2.05, 4.69) is 6.58 Å². The van der Waals surface area contributed by atoms with E-state index in [0.29, 0.717) is 0 Å². The Labute approximate surface area is 48.3 Å². The van der Waals surface area contributed by atoms with Crippen LogP contribution < -0.4 is 0 Å². The number of carbonyl (C=O) groups is 1. The molecule has 3 heteroatoms. The highest BCUT2D eigenvalue weighted by Gasteiger charge is 1.90. The molecule has 1 N–H and O–H groups in total. The predicted molar refractivity (Wildman–Crippen MR) is 29.7 cm³/mol. The van der Waals surface area contributed by atoms with Crippen LogP contribution in [-0.2, 0) is 4.79 Å². The van der Waals surface area contributed by atoms with Gasteiger partial charge in [-0.25, -0.2) is 4.79 Å². The molecule has 0 aliphatic heterocycles. The van der Waals surface area contributed by atoms with Crippen LogP contribution in [0.1, 0.15) is 6.92 Å². The number of aliphatic carboxylic acids is 1. The summed E-state index contributed by atoms with van der Waals surface area (Å²) in [6.45, 7) is 4.60. The maximum absolute atomic E-state index is 9.60. The molecule has 0 rings (SSSR count). The van der Waals surface area contributed by atoms with Gasteiger partial charge in [0, 0.05) is 5.57 Å². The van der Waals surface area contributed by atoms with Gasteiger partial charge in [-0.2, -0.15) is 0 Å². The summed E-state index contributed by atoms with van der Waals surface area (Å²) in [7, 11) is 0. The van der Waals surface area contributed by atoms with Crippen LogP contribution in [0.25, 0.3) is 0 Å². The molecular weight excluding hydrogens is 115 g/mol. The first-order valence-electron chi connectivity index (χ1n) is 1.53. The molecule has 0 amide bonds. The van der Waals surface area contributed by atoms with Gasteiger partial charge in [0.05, 0.1) is 0 Å². The highest BCUT2D eigenvalue weighted by Crippen LogP contribution is 1.81. The summed E-state index contributed by atoms with van der Waals surface area (Å²) in [6.07, 6.45) is 0. The van der Waals surface area contributed by atoms with E-state index < -0.39 is 5.97 Å². The summed E-state index contributed by atoms with van der Waals surface area (Å²) in [5, 5.41) is 7.89. The second kappa shape index (κ2) is 3.68. The van der Waals surface area contributed by atoms with Crippen LogP contribution in [0, 0.1) is 0 Å². The lowest BCUT2D eigenvalue weighted by atomic mass is 10.4. The molecule has 0 aliphatic carbocycles. The van der Waals surface area contributed by atoms with E-state index in [1.54, 1.807) is 0 Å². The van der Waals surface area contributed by atoms with E-state index in [4.69, 9.17) is 5.11 Å². The summed E-state index contributed by atoms with van der Waals surface area (Å²) in [6, 6.07) is 0. The molecule has 2 nitrogen and oxygen atoms in total. The van der Waals surface area contributed by atoms with E-state index in [1.165, 1.54) is 6.92 Å². The van der Waals surface area contributed by atoms with Gasteiger partial charge in [-0.3, -0.25) is 0 Å². The number of hydrogen-bond donors (Lipinski definition) is 1. The van der Waals surface area contributed by atoms with Crippen molar-refractivity contribution in [1.29, 1.82) is 0 Å². The molecule has 42 valence electrons. The van der Waals surface area contributed by atoms with Gasteiger partial charge in [0.15, 0.2) is 0 Å². The maximum atomic E-state index is 9.60. The highest BCUT2D eigenvalue weighted by molar-refractivity contribution is 5.85. The van der Waals surface area contributed by atoms with Crippen molar-refractivity contribution in [3.63, 3.8) is 0 Å². The minimum atomic E-state index is -0.935. The van der Waals surface area contributed by atoms with Crippen molar-refractivity contribution in [2.75, 3.05) is 0 Å². The molecule has 0 aliphatic rings. The Hall–Kier alpha value is -0.500. The molecule has 0 unspecified atom stereocenters. The topological polar surface area (TPSA) is 37.3 Å². The molecule has 7 heavy (non-hydrogen) atoms. The van der Waals surface area contributed by atoms with Crippen molar-refractivity contribution in [1.82, 2.24) is 0 Å². The van der Waals surface area contributed by atoms with Crippen LogP contribution in [0.4, 0.5) is 0 Å². The number of hydrogen-bond acceptors (Lipinski definition) is 1. The van der Waals surface area contributed by atoms with Crippen molar-refractivity contribution < 1.29 is 9.90 Å². The first-order valence-corrected chi connectivity index (χ1v) is 1.53. The monoisotopic (exact) mass is 122 g/mol. The molecule has 0 heterocycles. The average Bonchev–Trinajstić information content (AvgIpc) is 1.36. The zero-order valence-electron chi connectivity index (χ0n) is 3.97. The maximum Gasteiger partial charge on any atom is 0.330 e. The summed E-state index contributed by atoms with van der Waals surface area (Å²) < 4.78 is 0. The van der Waals surface area contributed by atoms with Gasteiger partial charge < -0.3 is 5.11 Å². The molecule has 0 aromatic rings. The fraction of sp³-hybridized carbons (Fsp3) is 0.250. The summed E-state index contributed by atoms with van der Waals surface area (Å²) in [5.74, 6) is -0.935. The molecule has 0 radical (unpaired) electrons. The number of carboxylic acids is 1. The Bertz CT molecular complexity index is 75.7. The molecule has 0 spiro atoms. The summed E-state index contributed by atoms with van der Waals surface area (Å²) in [5.41, 5.74) is 0.176. The smallest absolute Gasteiger partial charge is 0.330 e. The molecule has 0 atom stereocenters. The van der Waals surface area contributed by atoms with Crippen molar-refractivity contribution >= 4 is 18.4 Å². The molecule has 0 fully saturated rings. The van der Waals surface area contributed by atoms with Crippen LogP contribution in [0.15, 0.2) is 12.2 Å². The first kappa shape index (κ1) is 9.71. The summed E-state index contributed by atoms with van der Waals surface area (Å²) in [4.78, 5) is 9.60. The third-order valence-corrected chi connectivity index (χ3v) is 0.365. The third-order valence-electron chi connectivity index (χ3n) is 0.365. The van der Waals surface area contributed by atoms with Gasteiger partial charge in [0.2, 0.25) is 0 Å². The highest BCUT2D eigenvalue weighted by atomic mass is 35.5. The van der Waals surface area contributed by atoms with Crippen molar-refractivity contribution in [3.8, 4) is 0 Å². The fourth-order valence-corrected chi connectivity index (χ4v) is 0. The molecule has 0 saturated carbocycles. The van der Waals surface area contributed by atoms with E-state index in [9.17, 15) is 4.79 Å². The van der Waals surface area contributed by atoms with Crippen LogP contribution in [0.5, 0.6) is 0 Å². The second-order valence-electron chi connectivity index (χ2n) is 1.09. The molecule has 0 aromatic carbocycles. The van der Waals surface area contributed by atoms with Gasteiger partial charge in [-0.15, -0.1) is 12.4 Å². The van der Waals surface area contributed by atoms with Gasteiger partial charge in [0.25, 0.3) is 0 Å². The van der Waals surface area contributed by atoms with Gasteiger partial charge >= 0.3 is 5.97 Å². The van der Waals surface area contributed by atoms with Crippen molar-refractivity contribution in [2.45, 2.75) is 6.92 Å². The number of carboxylic acid groups (broad SMARTS) is 1. The van der Waals surface area contributed by atoms with Crippen LogP contribution in [-0.4, -0.2) is 11.1 Å². The molecular formula is C4H7ClO2. The van der Waals surface area contributed by atoms with Crippen molar-refractivity contribution in [2.24, 2.45) is 0 Å². The molecule has 0 saturated heterocycles. The number of rotatable bonds is 1. The lowest BCUT2D eigenvalue weighted by Gasteiger charge is -1.79. The lowest BCUT2D eigenvalue weighted by molar-refractivity contribution is -0.132. The van der Waals surface area contributed by atoms with E-state index in [0.717, 1.165) is 0 Å². The Kier molecular flexibility index (Phi) is 5.11. The van der Waals surface area contributed by atoms with Gasteiger partial charge in [-0.05, 0) is 6.92 Å². The standard InChI is InChI=1S/C4H6O2.ClH/c1-3(2)4(5)6;/h1H2,2H3,(H,5,6);1H. The van der Waals surface area contributed by atoms with E-state index >= 15 is 0 Å². The normalized spacial score (nSPS) is 6.43. The SMILES string of the molecule is C=C(C)C(=O)O.Cl. The number of halogens is 1. The predicted octanol–water partition coefficient (Wildman–Crippen LogP) is 1.07. The lowest BCUT2D eigenvalue weighted by Crippen LogP contribution is -1.92. The van der Waals surface area contributed by atoms with Crippen LogP contribution >= 0.6 is 12.4 Å². The Morgan fingerprint density at radius 1 is 1.71 bits per heavy atom. The molecule has 0 aromatic heterocycles. The van der Waals surface area contributed by atoms with Gasteiger partial charge in [0.1, 0.15) is 0 Å².